The molecule has 1 amide bonds. The SMILES string of the molecule is CCOC(=O)CCCCCC(=O)N1CCN(c2ccccc2Cl)CC1. The van der Waals surface area contributed by atoms with Crippen LogP contribution in [0.2, 0.25) is 5.02 Å². The first-order valence-corrected chi connectivity index (χ1v) is 9.42. The van der Waals surface area contributed by atoms with Crippen LogP contribution in [0.3, 0.4) is 0 Å². The summed E-state index contributed by atoms with van der Waals surface area (Å²) in [6, 6.07) is 7.82. The maximum Gasteiger partial charge on any atom is 0.305 e. The van der Waals surface area contributed by atoms with Crippen molar-refractivity contribution >= 4 is 29.2 Å². The number of carbonyl (C=O) groups excluding carboxylic acids is 2. The lowest BCUT2D eigenvalue weighted by Crippen LogP contribution is -2.48. The number of amides is 1. The molecule has 0 saturated carbocycles. The number of esters is 1. The number of unbranched alkanes of at least 4 members (excludes halogenated alkanes) is 2. The van der Waals surface area contributed by atoms with Gasteiger partial charge in [-0.25, -0.2) is 0 Å². The third-order valence-corrected chi connectivity index (χ3v) is 4.72. The van der Waals surface area contributed by atoms with Gasteiger partial charge < -0.3 is 14.5 Å². The summed E-state index contributed by atoms with van der Waals surface area (Å²) in [6.07, 6.45) is 3.48. The molecule has 0 radical (unpaired) electrons. The Labute approximate surface area is 154 Å². The van der Waals surface area contributed by atoms with E-state index in [0.717, 1.165) is 56.2 Å². The van der Waals surface area contributed by atoms with Gasteiger partial charge in [0, 0.05) is 39.0 Å². The monoisotopic (exact) mass is 366 g/mol. The summed E-state index contributed by atoms with van der Waals surface area (Å²) in [5.41, 5.74) is 1.04. The van der Waals surface area contributed by atoms with E-state index < -0.39 is 0 Å². The minimum atomic E-state index is -0.149. The summed E-state index contributed by atoms with van der Waals surface area (Å²) in [5.74, 6) is 0.0551. The van der Waals surface area contributed by atoms with Gasteiger partial charge in [0.05, 0.1) is 17.3 Å². The Morgan fingerprint density at radius 3 is 2.40 bits per heavy atom. The number of hydrogen-bond acceptors (Lipinski definition) is 4. The van der Waals surface area contributed by atoms with Crippen molar-refractivity contribution in [3.8, 4) is 0 Å². The fraction of sp³-hybridized carbons (Fsp3) is 0.579. The molecule has 5 nitrogen and oxygen atoms in total. The zero-order valence-electron chi connectivity index (χ0n) is 14.9. The zero-order valence-corrected chi connectivity index (χ0v) is 15.6. The molecule has 1 aromatic carbocycles. The molecular weight excluding hydrogens is 340 g/mol. The number of benzene rings is 1. The molecule has 1 aliphatic rings. The molecule has 0 aromatic heterocycles. The third-order valence-electron chi connectivity index (χ3n) is 4.40. The van der Waals surface area contributed by atoms with E-state index in [-0.39, 0.29) is 11.9 Å². The highest BCUT2D eigenvalue weighted by Gasteiger charge is 2.21. The molecule has 1 fully saturated rings. The molecule has 0 spiro atoms. The van der Waals surface area contributed by atoms with Crippen molar-refractivity contribution in [2.24, 2.45) is 0 Å². The van der Waals surface area contributed by atoms with Crippen molar-refractivity contribution in [2.45, 2.75) is 39.0 Å². The van der Waals surface area contributed by atoms with Crippen molar-refractivity contribution in [2.75, 3.05) is 37.7 Å². The number of anilines is 1. The van der Waals surface area contributed by atoms with E-state index in [1.165, 1.54) is 0 Å². The van der Waals surface area contributed by atoms with Gasteiger partial charge in [0.2, 0.25) is 5.91 Å². The molecule has 138 valence electrons. The second-order valence-corrected chi connectivity index (χ2v) is 6.59. The van der Waals surface area contributed by atoms with Gasteiger partial charge in [0.15, 0.2) is 0 Å². The largest absolute Gasteiger partial charge is 0.466 e. The minimum absolute atomic E-state index is 0.149. The predicted octanol–water partition coefficient (Wildman–Crippen LogP) is 3.50. The van der Waals surface area contributed by atoms with Crippen LogP contribution in [0.5, 0.6) is 0 Å². The van der Waals surface area contributed by atoms with Gasteiger partial charge >= 0.3 is 5.97 Å². The molecule has 0 atom stereocenters. The Balaban J connectivity index is 1.64. The van der Waals surface area contributed by atoms with Gasteiger partial charge in [-0.3, -0.25) is 9.59 Å². The van der Waals surface area contributed by atoms with Gasteiger partial charge in [-0.05, 0) is 31.9 Å². The highest BCUT2D eigenvalue weighted by atomic mass is 35.5. The van der Waals surface area contributed by atoms with Gasteiger partial charge in [0.1, 0.15) is 0 Å². The average Bonchev–Trinajstić information content (AvgIpc) is 2.62. The average molecular weight is 367 g/mol. The second kappa shape index (κ2) is 10.3. The second-order valence-electron chi connectivity index (χ2n) is 6.18. The first-order valence-electron chi connectivity index (χ1n) is 9.04. The molecule has 1 aliphatic heterocycles. The Kier molecular flexibility index (Phi) is 8.06. The molecule has 6 heteroatoms. The van der Waals surface area contributed by atoms with E-state index in [2.05, 4.69) is 4.90 Å². The summed E-state index contributed by atoms with van der Waals surface area (Å²) in [4.78, 5) is 27.7. The summed E-state index contributed by atoms with van der Waals surface area (Å²) in [6.45, 7) is 5.30. The van der Waals surface area contributed by atoms with Gasteiger partial charge in [0.25, 0.3) is 0 Å². The number of rotatable bonds is 8. The van der Waals surface area contributed by atoms with Gasteiger partial charge in [-0.2, -0.15) is 0 Å². The van der Waals surface area contributed by atoms with Crippen LogP contribution >= 0.6 is 11.6 Å². The van der Waals surface area contributed by atoms with Crippen molar-refractivity contribution in [3.05, 3.63) is 29.3 Å². The quantitative estimate of drug-likeness (QED) is 0.522. The summed E-state index contributed by atoms with van der Waals surface area (Å²) in [7, 11) is 0. The Bertz CT molecular complexity index is 572. The first-order chi connectivity index (χ1) is 12.1. The zero-order chi connectivity index (χ0) is 18.1. The maximum atomic E-state index is 12.3. The Morgan fingerprint density at radius 1 is 1.04 bits per heavy atom. The van der Waals surface area contributed by atoms with Crippen LogP contribution < -0.4 is 4.90 Å². The minimum Gasteiger partial charge on any atom is -0.466 e. The van der Waals surface area contributed by atoms with E-state index in [4.69, 9.17) is 16.3 Å². The van der Waals surface area contributed by atoms with Crippen LogP contribution in [0.4, 0.5) is 5.69 Å². The number of para-hydroxylation sites is 1. The van der Waals surface area contributed by atoms with Crippen LogP contribution in [0, 0.1) is 0 Å². The molecule has 2 rings (SSSR count). The Hall–Kier alpha value is -1.75. The number of piperazine rings is 1. The number of ether oxygens (including phenoxy) is 1. The predicted molar refractivity (Wildman–Crippen MR) is 100.0 cm³/mol. The standard InChI is InChI=1S/C19H27ClN2O3/c1-2-25-19(24)11-5-3-4-10-18(23)22-14-12-21(13-15-22)17-9-7-6-8-16(17)20/h6-9H,2-5,10-15H2,1H3. The molecule has 0 N–H and O–H groups in total. The molecule has 1 aromatic rings. The highest BCUT2D eigenvalue weighted by molar-refractivity contribution is 6.33. The van der Waals surface area contributed by atoms with E-state index in [9.17, 15) is 9.59 Å². The summed E-state index contributed by atoms with van der Waals surface area (Å²) in [5, 5.41) is 0.754. The molecular formula is C19H27ClN2O3. The van der Waals surface area contributed by atoms with Crippen LogP contribution in [0.1, 0.15) is 39.0 Å². The fourth-order valence-electron chi connectivity index (χ4n) is 3.02. The normalized spacial score (nSPS) is 14.5. The first kappa shape index (κ1) is 19.6. The fourth-order valence-corrected chi connectivity index (χ4v) is 3.27. The number of carbonyl (C=O) groups is 2. The summed E-state index contributed by atoms with van der Waals surface area (Å²) < 4.78 is 4.89. The van der Waals surface area contributed by atoms with Crippen molar-refractivity contribution in [3.63, 3.8) is 0 Å². The van der Waals surface area contributed by atoms with Crippen LogP contribution in [-0.2, 0) is 14.3 Å². The van der Waals surface area contributed by atoms with Gasteiger partial charge in [-0.1, -0.05) is 30.2 Å². The lowest BCUT2D eigenvalue weighted by molar-refractivity contribution is -0.143. The van der Waals surface area contributed by atoms with E-state index in [0.29, 0.717) is 19.4 Å². The molecule has 1 heterocycles. The third kappa shape index (κ3) is 6.24. The van der Waals surface area contributed by atoms with E-state index in [1.807, 2.05) is 36.1 Å². The van der Waals surface area contributed by atoms with Crippen molar-refractivity contribution in [1.29, 1.82) is 0 Å². The number of hydrogen-bond donors (Lipinski definition) is 0. The number of halogens is 1. The van der Waals surface area contributed by atoms with Gasteiger partial charge in [-0.15, -0.1) is 0 Å². The van der Waals surface area contributed by atoms with Crippen molar-refractivity contribution in [1.82, 2.24) is 4.90 Å². The van der Waals surface area contributed by atoms with Crippen LogP contribution in [0.25, 0.3) is 0 Å². The van der Waals surface area contributed by atoms with E-state index in [1.54, 1.807) is 0 Å². The summed E-state index contributed by atoms with van der Waals surface area (Å²) >= 11 is 6.24. The van der Waals surface area contributed by atoms with Crippen LogP contribution in [-0.4, -0.2) is 49.6 Å². The van der Waals surface area contributed by atoms with Crippen LogP contribution in [0.15, 0.2) is 24.3 Å². The molecule has 0 aliphatic carbocycles. The maximum absolute atomic E-state index is 12.3. The van der Waals surface area contributed by atoms with E-state index >= 15 is 0 Å². The topological polar surface area (TPSA) is 49.9 Å². The lowest BCUT2D eigenvalue weighted by atomic mass is 10.1. The smallest absolute Gasteiger partial charge is 0.305 e. The van der Waals surface area contributed by atoms with Crippen molar-refractivity contribution < 1.29 is 14.3 Å². The molecule has 0 bridgehead atoms. The number of nitrogens with zero attached hydrogens (tertiary/aromatic N) is 2. The Morgan fingerprint density at radius 2 is 1.72 bits per heavy atom. The highest BCUT2D eigenvalue weighted by Crippen LogP contribution is 2.26. The molecule has 0 unspecified atom stereocenters. The molecule has 1 saturated heterocycles. The lowest BCUT2D eigenvalue weighted by Gasteiger charge is -2.36. The molecule has 25 heavy (non-hydrogen) atoms.